The molecular weight excluding hydrogens is 254 g/mol. The van der Waals surface area contributed by atoms with Crippen LogP contribution in [0.4, 0.5) is 0 Å². The standard InChI is InChI=1S/C20H27N/c1-2-21-20(16-9-6-12-4-3-5-13(12)10-16)19-17-14-7-8-15(11-14)18(17)19/h6,9-10,14-15,17-21H,2-5,7-8,11H2,1H3. The third kappa shape index (κ3) is 1.79. The second-order valence-corrected chi connectivity index (χ2v) is 7.98. The fraction of sp³-hybridized carbons (Fsp3) is 0.700. The van der Waals surface area contributed by atoms with Crippen LogP contribution in [0.5, 0.6) is 0 Å². The zero-order chi connectivity index (χ0) is 14.0. The van der Waals surface area contributed by atoms with Crippen molar-refractivity contribution in [2.24, 2.45) is 29.6 Å². The summed E-state index contributed by atoms with van der Waals surface area (Å²) in [6.07, 6.45) is 8.61. The summed E-state index contributed by atoms with van der Waals surface area (Å²) in [6, 6.07) is 8.05. The van der Waals surface area contributed by atoms with Crippen molar-refractivity contribution in [1.82, 2.24) is 5.32 Å². The number of rotatable bonds is 4. The Morgan fingerprint density at radius 2 is 1.86 bits per heavy atom. The van der Waals surface area contributed by atoms with E-state index in [9.17, 15) is 0 Å². The van der Waals surface area contributed by atoms with Crippen molar-refractivity contribution in [3.8, 4) is 0 Å². The van der Waals surface area contributed by atoms with Crippen molar-refractivity contribution in [3.05, 3.63) is 34.9 Å². The van der Waals surface area contributed by atoms with E-state index in [0.717, 1.165) is 36.1 Å². The van der Waals surface area contributed by atoms with Gasteiger partial charge >= 0.3 is 0 Å². The second-order valence-electron chi connectivity index (χ2n) is 7.98. The van der Waals surface area contributed by atoms with E-state index in [2.05, 4.69) is 30.4 Å². The van der Waals surface area contributed by atoms with Crippen LogP contribution in [0.25, 0.3) is 0 Å². The molecule has 0 heterocycles. The molecule has 1 nitrogen and oxygen atoms in total. The molecule has 4 aliphatic carbocycles. The van der Waals surface area contributed by atoms with Gasteiger partial charge < -0.3 is 5.32 Å². The molecule has 0 aromatic heterocycles. The lowest BCUT2D eigenvalue weighted by Crippen LogP contribution is -2.25. The summed E-state index contributed by atoms with van der Waals surface area (Å²) in [6.45, 7) is 3.38. The van der Waals surface area contributed by atoms with Gasteiger partial charge in [0.15, 0.2) is 0 Å². The number of aryl methyl sites for hydroxylation is 2. The van der Waals surface area contributed by atoms with Gasteiger partial charge in [-0.3, -0.25) is 0 Å². The van der Waals surface area contributed by atoms with E-state index in [1.165, 1.54) is 32.1 Å². The van der Waals surface area contributed by atoms with E-state index in [1.54, 1.807) is 23.1 Å². The Kier molecular flexibility index (Phi) is 2.77. The van der Waals surface area contributed by atoms with Gasteiger partial charge in [0.25, 0.3) is 0 Å². The lowest BCUT2D eigenvalue weighted by atomic mass is 9.91. The van der Waals surface area contributed by atoms with Gasteiger partial charge in [-0.2, -0.15) is 0 Å². The predicted octanol–water partition coefficient (Wildman–Crippen LogP) is 4.12. The average Bonchev–Trinajstić information content (AvgIpc) is 2.90. The van der Waals surface area contributed by atoms with E-state index >= 15 is 0 Å². The number of hydrogen-bond acceptors (Lipinski definition) is 1. The van der Waals surface area contributed by atoms with Crippen LogP contribution in [0.3, 0.4) is 0 Å². The molecule has 112 valence electrons. The van der Waals surface area contributed by atoms with E-state index in [4.69, 9.17) is 0 Å². The molecule has 1 aromatic carbocycles. The van der Waals surface area contributed by atoms with Crippen LogP contribution in [-0.2, 0) is 12.8 Å². The van der Waals surface area contributed by atoms with E-state index in [0.29, 0.717) is 6.04 Å². The fourth-order valence-corrected chi connectivity index (χ4v) is 6.32. The van der Waals surface area contributed by atoms with Gasteiger partial charge in [-0.05, 0) is 91.3 Å². The normalized spacial score (nSPS) is 40.1. The van der Waals surface area contributed by atoms with Crippen LogP contribution in [0.2, 0.25) is 0 Å². The molecule has 5 atom stereocenters. The quantitative estimate of drug-likeness (QED) is 0.875. The van der Waals surface area contributed by atoms with Gasteiger partial charge in [0, 0.05) is 6.04 Å². The molecule has 3 saturated carbocycles. The average molecular weight is 281 g/mol. The summed E-state index contributed by atoms with van der Waals surface area (Å²) in [7, 11) is 0. The molecule has 5 rings (SSSR count). The predicted molar refractivity (Wildman–Crippen MR) is 86.2 cm³/mol. The zero-order valence-electron chi connectivity index (χ0n) is 13.1. The molecular formula is C20H27N. The van der Waals surface area contributed by atoms with Gasteiger partial charge in [-0.25, -0.2) is 0 Å². The molecule has 0 saturated heterocycles. The number of fused-ring (bicyclic) bond motifs is 6. The van der Waals surface area contributed by atoms with Crippen molar-refractivity contribution < 1.29 is 0 Å². The van der Waals surface area contributed by atoms with Gasteiger partial charge in [0.1, 0.15) is 0 Å². The maximum Gasteiger partial charge on any atom is 0.0354 e. The van der Waals surface area contributed by atoms with E-state index in [1.807, 2.05) is 0 Å². The fourth-order valence-electron chi connectivity index (χ4n) is 6.32. The van der Waals surface area contributed by atoms with Crippen molar-refractivity contribution in [3.63, 3.8) is 0 Å². The minimum absolute atomic E-state index is 0.638. The summed E-state index contributed by atoms with van der Waals surface area (Å²) in [5, 5.41) is 3.85. The van der Waals surface area contributed by atoms with Crippen LogP contribution < -0.4 is 5.32 Å². The highest BCUT2D eigenvalue weighted by molar-refractivity contribution is 5.38. The van der Waals surface area contributed by atoms with Crippen molar-refractivity contribution in [2.75, 3.05) is 6.54 Å². The monoisotopic (exact) mass is 281 g/mol. The zero-order valence-corrected chi connectivity index (χ0v) is 13.1. The van der Waals surface area contributed by atoms with Crippen LogP contribution in [-0.4, -0.2) is 6.54 Å². The molecule has 0 aliphatic heterocycles. The van der Waals surface area contributed by atoms with Crippen molar-refractivity contribution in [2.45, 2.75) is 51.5 Å². The highest BCUT2D eigenvalue weighted by Gasteiger charge is 2.66. The van der Waals surface area contributed by atoms with Crippen LogP contribution in [0.15, 0.2) is 18.2 Å². The molecule has 0 radical (unpaired) electrons. The topological polar surface area (TPSA) is 12.0 Å². The smallest absolute Gasteiger partial charge is 0.0354 e. The first-order chi connectivity index (χ1) is 10.4. The molecule has 0 amide bonds. The molecule has 4 aliphatic rings. The van der Waals surface area contributed by atoms with Gasteiger partial charge in [-0.15, -0.1) is 0 Å². The first-order valence-electron chi connectivity index (χ1n) is 9.22. The highest BCUT2D eigenvalue weighted by Crippen LogP contribution is 2.72. The Balaban J connectivity index is 1.44. The van der Waals surface area contributed by atoms with Crippen molar-refractivity contribution >= 4 is 0 Å². The second kappa shape index (κ2) is 4.59. The summed E-state index contributed by atoms with van der Waals surface area (Å²) >= 11 is 0. The molecule has 0 spiro atoms. The first-order valence-corrected chi connectivity index (χ1v) is 9.22. The molecule has 1 N–H and O–H groups in total. The number of hydrogen-bond donors (Lipinski definition) is 1. The third-order valence-corrected chi connectivity index (χ3v) is 7.09. The van der Waals surface area contributed by atoms with Gasteiger partial charge in [0.05, 0.1) is 0 Å². The molecule has 1 aromatic rings. The van der Waals surface area contributed by atoms with Crippen LogP contribution in [0.1, 0.15) is 55.3 Å². The molecule has 2 bridgehead atoms. The van der Waals surface area contributed by atoms with Crippen LogP contribution >= 0.6 is 0 Å². The van der Waals surface area contributed by atoms with E-state index < -0.39 is 0 Å². The maximum absolute atomic E-state index is 3.85. The molecule has 5 unspecified atom stereocenters. The minimum atomic E-state index is 0.638. The first kappa shape index (κ1) is 12.7. The highest BCUT2D eigenvalue weighted by atomic mass is 14.9. The Morgan fingerprint density at radius 3 is 2.62 bits per heavy atom. The van der Waals surface area contributed by atoms with Gasteiger partial charge in [-0.1, -0.05) is 25.1 Å². The van der Waals surface area contributed by atoms with E-state index in [-0.39, 0.29) is 0 Å². The van der Waals surface area contributed by atoms with Crippen molar-refractivity contribution in [1.29, 1.82) is 0 Å². The Hall–Kier alpha value is -0.820. The summed E-state index contributed by atoms with van der Waals surface area (Å²) in [5.41, 5.74) is 4.85. The largest absolute Gasteiger partial charge is 0.310 e. The van der Waals surface area contributed by atoms with Gasteiger partial charge in [0.2, 0.25) is 0 Å². The maximum atomic E-state index is 3.85. The Bertz CT molecular complexity index is 547. The lowest BCUT2D eigenvalue weighted by molar-refractivity contribution is 0.374. The van der Waals surface area contributed by atoms with Crippen LogP contribution in [0, 0.1) is 29.6 Å². The summed E-state index contributed by atoms with van der Waals surface area (Å²) in [4.78, 5) is 0. The number of benzene rings is 1. The number of nitrogens with one attached hydrogen (secondary N) is 1. The summed E-state index contributed by atoms with van der Waals surface area (Å²) < 4.78 is 0. The molecule has 1 heteroatoms. The SMILES string of the molecule is CCNC(c1ccc2c(c1)CCC2)C1C2C3CCC(C3)C21. The summed E-state index contributed by atoms with van der Waals surface area (Å²) in [5.74, 6) is 5.26. The third-order valence-electron chi connectivity index (χ3n) is 7.09. The Labute approximate surface area is 128 Å². The lowest BCUT2D eigenvalue weighted by Gasteiger charge is -2.22. The minimum Gasteiger partial charge on any atom is -0.310 e. The molecule has 21 heavy (non-hydrogen) atoms. The Morgan fingerprint density at radius 1 is 1.10 bits per heavy atom. The molecule has 3 fully saturated rings.